The maximum atomic E-state index is 12.3. The molecule has 0 atom stereocenters. The van der Waals surface area contributed by atoms with Gasteiger partial charge in [-0.05, 0) is 18.4 Å². The number of carbonyl (C=O) groups is 2. The molecule has 0 spiro atoms. The number of halogens is 3. The highest BCUT2D eigenvalue weighted by Gasteiger charge is 2.33. The molecule has 0 saturated carbocycles. The summed E-state index contributed by atoms with van der Waals surface area (Å²) in [5.41, 5.74) is 0.978. The monoisotopic (exact) mass is 303 g/mol. The first-order chi connectivity index (χ1) is 9.78. The number of amides is 1. The van der Waals surface area contributed by atoms with Crippen molar-refractivity contribution in [3.05, 3.63) is 35.9 Å². The summed E-state index contributed by atoms with van der Waals surface area (Å²) < 4.78 is 37.0. The number of alkyl halides is 3. The number of hydrogen-bond donors (Lipinski definition) is 1. The Hall–Kier alpha value is -2.05. The summed E-state index contributed by atoms with van der Waals surface area (Å²) in [5.74, 6) is -2.26. The molecule has 1 aromatic carbocycles. The fourth-order valence-electron chi connectivity index (χ4n) is 1.86. The van der Waals surface area contributed by atoms with Crippen LogP contribution in [0.4, 0.5) is 13.2 Å². The van der Waals surface area contributed by atoms with Crippen LogP contribution in [0.2, 0.25) is 0 Å². The van der Waals surface area contributed by atoms with Gasteiger partial charge >= 0.3 is 12.1 Å². The minimum absolute atomic E-state index is 0.113. The van der Waals surface area contributed by atoms with E-state index in [4.69, 9.17) is 5.11 Å². The molecule has 0 saturated heterocycles. The van der Waals surface area contributed by atoms with Crippen LogP contribution in [0.25, 0.3) is 0 Å². The standard InChI is InChI=1S/C14H16F3NO3/c15-14(16,17)10-18(9-13(20)21)12(19)8-4-7-11-5-2-1-3-6-11/h1-3,5-6H,4,7-10H2,(H,20,21). The number of carboxylic acids is 1. The molecule has 4 nitrogen and oxygen atoms in total. The van der Waals surface area contributed by atoms with Crippen LogP contribution in [0.15, 0.2) is 30.3 Å². The third-order valence-corrected chi connectivity index (χ3v) is 2.75. The van der Waals surface area contributed by atoms with Gasteiger partial charge in [0.15, 0.2) is 0 Å². The second-order valence-corrected chi connectivity index (χ2v) is 4.60. The molecule has 1 aromatic rings. The zero-order valence-electron chi connectivity index (χ0n) is 11.3. The molecule has 21 heavy (non-hydrogen) atoms. The van der Waals surface area contributed by atoms with Crippen molar-refractivity contribution in [2.24, 2.45) is 0 Å². The second kappa shape index (κ2) is 7.66. The van der Waals surface area contributed by atoms with Gasteiger partial charge in [0, 0.05) is 6.42 Å². The minimum atomic E-state index is -4.61. The predicted molar refractivity (Wildman–Crippen MR) is 69.7 cm³/mol. The predicted octanol–water partition coefficient (Wildman–Crippen LogP) is 2.48. The number of carbonyl (C=O) groups excluding carboxylic acids is 1. The van der Waals surface area contributed by atoms with E-state index >= 15 is 0 Å². The number of nitrogens with zero attached hydrogens (tertiary/aromatic N) is 1. The van der Waals surface area contributed by atoms with Crippen molar-refractivity contribution in [1.82, 2.24) is 4.90 Å². The van der Waals surface area contributed by atoms with Crippen molar-refractivity contribution < 1.29 is 27.9 Å². The Kier molecular flexibility index (Phi) is 6.20. The van der Waals surface area contributed by atoms with Crippen LogP contribution in [-0.4, -0.2) is 41.1 Å². The zero-order valence-corrected chi connectivity index (χ0v) is 11.3. The van der Waals surface area contributed by atoms with Gasteiger partial charge in [0.2, 0.25) is 5.91 Å². The molecule has 0 aromatic heterocycles. The van der Waals surface area contributed by atoms with Crippen molar-refractivity contribution in [1.29, 1.82) is 0 Å². The quantitative estimate of drug-likeness (QED) is 0.842. The Bertz CT molecular complexity index is 474. The average molecular weight is 303 g/mol. The van der Waals surface area contributed by atoms with Crippen LogP contribution in [0.3, 0.4) is 0 Å². The highest BCUT2D eigenvalue weighted by Crippen LogP contribution is 2.17. The number of rotatable bonds is 7. The Morgan fingerprint density at radius 3 is 2.29 bits per heavy atom. The van der Waals surface area contributed by atoms with Crippen LogP contribution in [-0.2, 0) is 16.0 Å². The topological polar surface area (TPSA) is 57.6 Å². The zero-order chi connectivity index (χ0) is 15.9. The van der Waals surface area contributed by atoms with Gasteiger partial charge in [-0.1, -0.05) is 30.3 Å². The van der Waals surface area contributed by atoms with Crippen molar-refractivity contribution in [2.45, 2.75) is 25.4 Å². The van der Waals surface area contributed by atoms with Gasteiger partial charge in [0.1, 0.15) is 13.1 Å². The van der Waals surface area contributed by atoms with E-state index in [0.717, 1.165) is 5.56 Å². The summed E-state index contributed by atoms with van der Waals surface area (Å²) in [6, 6.07) is 9.21. The highest BCUT2D eigenvalue weighted by molar-refractivity contribution is 5.81. The molecule has 1 N–H and O–H groups in total. The average Bonchev–Trinajstić information content (AvgIpc) is 2.37. The van der Waals surface area contributed by atoms with Gasteiger partial charge < -0.3 is 10.0 Å². The normalized spacial score (nSPS) is 11.2. The lowest BCUT2D eigenvalue weighted by molar-refractivity contribution is -0.165. The molecule has 0 aliphatic carbocycles. The fourth-order valence-corrected chi connectivity index (χ4v) is 1.86. The fraction of sp³-hybridized carbons (Fsp3) is 0.429. The maximum Gasteiger partial charge on any atom is 0.406 e. The van der Waals surface area contributed by atoms with Crippen LogP contribution >= 0.6 is 0 Å². The van der Waals surface area contributed by atoms with Gasteiger partial charge in [-0.2, -0.15) is 13.2 Å². The molecule has 0 bridgehead atoms. The van der Waals surface area contributed by atoms with E-state index in [0.29, 0.717) is 17.7 Å². The van der Waals surface area contributed by atoms with Gasteiger partial charge in [-0.25, -0.2) is 0 Å². The van der Waals surface area contributed by atoms with Crippen LogP contribution < -0.4 is 0 Å². The number of aryl methyl sites for hydroxylation is 1. The van der Waals surface area contributed by atoms with E-state index in [2.05, 4.69) is 0 Å². The Labute approximate surface area is 120 Å². The summed E-state index contributed by atoms with van der Waals surface area (Å²) in [6.45, 7) is -2.48. The molecule has 0 radical (unpaired) electrons. The Balaban J connectivity index is 2.50. The molecule has 1 rings (SSSR count). The maximum absolute atomic E-state index is 12.3. The van der Waals surface area contributed by atoms with E-state index in [1.54, 1.807) is 0 Å². The summed E-state index contributed by atoms with van der Waals surface area (Å²) in [5, 5.41) is 8.57. The molecular formula is C14H16F3NO3. The number of aliphatic carboxylic acids is 1. The first kappa shape index (κ1) is 17.0. The highest BCUT2D eigenvalue weighted by atomic mass is 19.4. The van der Waals surface area contributed by atoms with E-state index in [1.165, 1.54) is 0 Å². The van der Waals surface area contributed by atoms with Crippen molar-refractivity contribution in [3.63, 3.8) is 0 Å². The number of benzene rings is 1. The number of hydrogen-bond acceptors (Lipinski definition) is 2. The molecule has 0 fully saturated rings. The lowest BCUT2D eigenvalue weighted by Crippen LogP contribution is -2.42. The van der Waals surface area contributed by atoms with Crippen molar-refractivity contribution >= 4 is 11.9 Å². The summed E-state index contributed by atoms with van der Waals surface area (Å²) in [6.07, 6.45) is -3.79. The molecule has 7 heteroatoms. The molecule has 0 heterocycles. The first-order valence-electron chi connectivity index (χ1n) is 6.38. The van der Waals surface area contributed by atoms with Crippen LogP contribution in [0.5, 0.6) is 0 Å². The largest absolute Gasteiger partial charge is 0.480 e. The molecule has 1 amide bonds. The van der Waals surface area contributed by atoms with Gasteiger partial charge in [-0.3, -0.25) is 9.59 Å². The third kappa shape index (κ3) is 7.34. The Morgan fingerprint density at radius 1 is 1.14 bits per heavy atom. The molecule has 0 aliphatic heterocycles. The van der Waals surface area contributed by atoms with Crippen LogP contribution in [0.1, 0.15) is 18.4 Å². The van der Waals surface area contributed by atoms with Gasteiger partial charge in [0.25, 0.3) is 0 Å². The Morgan fingerprint density at radius 2 is 1.76 bits per heavy atom. The third-order valence-electron chi connectivity index (χ3n) is 2.75. The van der Waals surface area contributed by atoms with E-state index in [1.807, 2.05) is 30.3 Å². The molecule has 0 aliphatic rings. The lowest BCUT2D eigenvalue weighted by atomic mass is 10.1. The van der Waals surface area contributed by atoms with Gasteiger partial charge in [-0.15, -0.1) is 0 Å². The molecule has 0 unspecified atom stereocenters. The molecule has 116 valence electrons. The van der Waals surface area contributed by atoms with Gasteiger partial charge in [0.05, 0.1) is 0 Å². The SMILES string of the molecule is O=C(O)CN(CC(F)(F)F)C(=O)CCCc1ccccc1. The summed E-state index contributed by atoms with van der Waals surface area (Å²) in [7, 11) is 0. The summed E-state index contributed by atoms with van der Waals surface area (Å²) >= 11 is 0. The van der Waals surface area contributed by atoms with Crippen molar-refractivity contribution in [2.75, 3.05) is 13.1 Å². The van der Waals surface area contributed by atoms with Crippen LogP contribution in [0, 0.1) is 0 Å². The van der Waals surface area contributed by atoms with Crippen molar-refractivity contribution in [3.8, 4) is 0 Å². The second-order valence-electron chi connectivity index (χ2n) is 4.60. The van der Waals surface area contributed by atoms with E-state index in [9.17, 15) is 22.8 Å². The minimum Gasteiger partial charge on any atom is -0.480 e. The van der Waals surface area contributed by atoms with E-state index in [-0.39, 0.29) is 6.42 Å². The number of carboxylic acid groups (broad SMARTS) is 1. The first-order valence-corrected chi connectivity index (χ1v) is 6.38. The smallest absolute Gasteiger partial charge is 0.406 e. The van der Waals surface area contributed by atoms with E-state index < -0.39 is 31.1 Å². The lowest BCUT2D eigenvalue weighted by Gasteiger charge is -2.22. The summed E-state index contributed by atoms with van der Waals surface area (Å²) in [4.78, 5) is 22.6. The molecular weight excluding hydrogens is 287 g/mol.